The highest BCUT2D eigenvalue weighted by atomic mass is 35.5. The van der Waals surface area contributed by atoms with Gasteiger partial charge in [0.15, 0.2) is 0 Å². The second kappa shape index (κ2) is 6.01. The Kier molecular flexibility index (Phi) is 4.02. The van der Waals surface area contributed by atoms with E-state index in [1.165, 1.54) is 18.2 Å². The van der Waals surface area contributed by atoms with E-state index >= 15 is 0 Å². The maximum atomic E-state index is 13.5. The van der Waals surface area contributed by atoms with E-state index in [-0.39, 0.29) is 16.1 Å². The minimum absolute atomic E-state index is 0.00837. The SMILES string of the molecule is O=C(CN1C(=O)c2cccc(Cl)c2C1=O)Nc1c(F)cccc1F. The Hall–Kier alpha value is -2.80. The van der Waals surface area contributed by atoms with Crippen molar-refractivity contribution in [2.24, 2.45) is 0 Å². The summed E-state index contributed by atoms with van der Waals surface area (Å²) in [6, 6.07) is 7.46. The van der Waals surface area contributed by atoms with Gasteiger partial charge in [-0.15, -0.1) is 0 Å². The third-order valence-electron chi connectivity index (χ3n) is 3.48. The number of anilines is 1. The fourth-order valence-electron chi connectivity index (χ4n) is 2.38. The molecule has 24 heavy (non-hydrogen) atoms. The highest BCUT2D eigenvalue weighted by Crippen LogP contribution is 2.29. The molecule has 1 aliphatic heterocycles. The molecule has 0 radical (unpaired) electrons. The molecule has 0 saturated heterocycles. The van der Waals surface area contributed by atoms with Crippen LogP contribution < -0.4 is 5.32 Å². The minimum atomic E-state index is -0.964. The molecule has 8 heteroatoms. The predicted molar refractivity (Wildman–Crippen MR) is 81.8 cm³/mol. The molecular weight excluding hydrogens is 342 g/mol. The zero-order valence-corrected chi connectivity index (χ0v) is 12.7. The number of carbonyl (C=O) groups is 3. The molecule has 2 aromatic rings. The summed E-state index contributed by atoms with van der Waals surface area (Å²) in [7, 11) is 0. The van der Waals surface area contributed by atoms with Crippen LogP contribution in [0.1, 0.15) is 20.7 Å². The molecule has 0 bridgehead atoms. The first kappa shape index (κ1) is 16.1. The normalized spacial score (nSPS) is 13.2. The number of rotatable bonds is 3. The van der Waals surface area contributed by atoms with E-state index in [1.807, 2.05) is 5.32 Å². The van der Waals surface area contributed by atoms with E-state index in [4.69, 9.17) is 11.6 Å². The predicted octanol–water partition coefficient (Wildman–Crippen LogP) is 2.85. The van der Waals surface area contributed by atoms with E-state index in [0.717, 1.165) is 18.2 Å². The van der Waals surface area contributed by atoms with Gasteiger partial charge in [-0.2, -0.15) is 0 Å². The molecule has 1 aliphatic rings. The zero-order valence-electron chi connectivity index (χ0n) is 12.0. The van der Waals surface area contributed by atoms with E-state index < -0.39 is 41.6 Å². The van der Waals surface area contributed by atoms with Crippen LogP contribution in [0.5, 0.6) is 0 Å². The van der Waals surface area contributed by atoms with Gasteiger partial charge < -0.3 is 5.32 Å². The van der Waals surface area contributed by atoms with Crippen LogP contribution in [0.2, 0.25) is 5.02 Å². The largest absolute Gasteiger partial charge is 0.320 e. The molecular formula is C16H9ClF2N2O3. The number of hydrogen-bond acceptors (Lipinski definition) is 3. The van der Waals surface area contributed by atoms with Gasteiger partial charge in [0.25, 0.3) is 11.8 Å². The monoisotopic (exact) mass is 350 g/mol. The van der Waals surface area contributed by atoms with Gasteiger partial charge >= 0.3 is 0 Å². The van der Waals surface area contributed by atoms with E-state index in [1.54, 1.807) is 0 Å². The Morgan fingerprint density at radius 2 is 1.67 bits per heavy atom. The minimum Gasteiger partial charge on any atom is -0.320 e. The summed E-state index contributed by atoms with van der Waals surface area (Å²) in [6.45, 7) is -0.684. The first-order valence-electron chi connectivity index (χ1n) is 6.78. The Morgan fingerprint density at radius 1 is 1.04 bits per heavy atom. The van der Waals surface area contributed by atoms with E-state index in [2.05, 4.69) is 0 Å². The molecule has 2 aromatic carbocycles. The number of halogens is 3. The number of hydrogen-bond donors (Lipinski definition) is 1. The van der Waals surface area contributed by atoms with E-state index in [9.17, 15) is 23.2 Å². The molecule has 0 fully saturated rings. The van der Waals surface area contributed by atoms with Crippen molar-refractivity contribution in [3.05, 3.63) is 64.2 Å². The van der Waals surface area contributed by atoms with Crippen molar-refractivity contribution in [1.82, 2.24) is 4.90 Å². The molecule has 0 aromatic heterocycles. The lowest BCUT2D eigenvalue weighted by atomic mass is 10.1. The summed E-state index contributed by atoms with van der Waals surface area (Å²) in [5, 5.41) is 2.11. The third kappa shape index (κ3) is 2.63. The molecule has 0 spiro atoms. The number of para-hydroxylation sites is 1. The highest BCUT2D eigenvalue weighted by molar-refractivity contribution is 6.37. The Morgan fingerprint density at radius 3 is 2.29 bits per heavy atom. The van der Waals surface area contributed by atoms with Gasteiger partial charge in [0.05, 0.1) is 16.1 Å². The van der Waals surface area contributed by atoms with Crippen molar-refractivity contribution in [2.45, 2.75) is 0 Å². The molecule has 0 atom stereocenters. The molecule has 5 nitrogen and oxygen atoms in total. The lowest BCUT2D eigenvalue weighted by Gasteiger charge is -2.14. The summed E-state index contributed by atoms with van der Waals surface area (Å²) < 4.78 is 27.1. The average Bonchev–Trinajstić information content (AvgIpc) is 2.77. The van der Waals surface area contributed by atoms with Gasteiger partial charge in [0.1, 0.15) is 23.9 Å². The summed E-state index contributed by atoms with van der Waals surface area (Å²) in [5.74, 6) is -4.27. The third-order valence-corrected chi connectivity index (χ3v) is 3.79. The van der Waals surface area contributed by atoms with Gasteiger partial charge in [-0.1, -0.05) is 23.7 Å². The van der Waals surface area contributed by atoms with Crippen molar-refractivity contribution in [3.63, 3.8) is 0 Å². The molecule has 122 valence electrons. The summed E-state index contributed by atoms with van der Waals surface area (Å²) in [6.07, 6.45) is 0. The van der Waals surface area contributed by atoms with Gasteiger partial charge in [0, 0.05) is 0 Å². The highest BCUT2D eigenvalue weighted by Gasteiger charge is 2.38. The Balaban J connectivity index is 1.80. The van der Waals surface area contributed by atoms with Crippen LogP contribution in [0, 0.1) is 11.6 Å². The van der Waals surface area contributed by atoms with Crippen LogP contribution in [-0.4, -0.2) is 29.2 Å². The number of benzene rings is 2. The van der Waals surface area contributed by atoms with Crippen LogP contribution >= 0.6 is 11.6 Å². The Labute approximate surface area is 139 Å². The summed E-state index contributed by atoms with van der Waals surface area (Å²) >= 11 is 5.90. The molecule has 3 rings (SSSR count). The molecule has 0 unspecified atom stereocenters. The smallest absolute Gasteiger partial charge is 0.263 e. The molecule has 1 N–H and O–H groups in total. The van der Waals surface area contributed by atoms with Gasteiger partial charge in [-0.3, -0.25) is 19.3 Å². The van der Waals surface area contributed by atoms with E-state index in [0.29, 0.717) is 4.90 Å². The van der Waals surface area contributed by atoms with Crippen molar-refractivity contribution >= 4 is 35.0 Å². The maximum Gasteiger partial charge on any atom is 0.263 e. The average molecular weight is 351 g/mol. The maximum absolute atomic E-state index is 13.5. The molecule has 1 heterocycles. The number of carbonyl (C=O) groups excluding carboxylic acids is 3. The van der Waals surface area contributed by atoms with Crippen molar-refractivity contribution < 1.29 is 23.2 Å². The van der Waals surface area contributed by atoms with Crippen molar-refractivity contribution in [1.29, 1.82) is 0 Å². The molecule has 3 amide bonds. The molecule has 0 aliphatic carbocycles. The number of nitrogens with one attached hydrogen (secondary N) is 1. The number of amides is 3. The summed E-state index contributed by atoms with van der Waals surface area (Å²) in [4.78, 5) is 37.1. The van der Waals surface area contributed by atoms with Crippen LogP contribution in [0.25, 0.3) is 0 Å². The fraction of sp³-hybridized carbons (Fsp3) is 0.0625. The first-order chi connectivity index (χ1) is 11.4. The van der Waals surface area contributed by atoms with Crippen LogP contribution in [0.3, 0.4) is 0 Å². The number of fused-ring (bicyclic) bond motifs is 1. The lowest BCUT2D eigenvalue weighted by molar-refractivity contribution is -0.116. The summed E-state index contributed by atoms with van der Waals surface area (Å²) in [5.41, 5.74) is -0.552. The van der Waals surface area contributed by atoms with Crippen LogP contribution in [-0.2, 0) is 4.79 Å². The fourth-order valence-corrected chi connectivity index (χ4v) is 2.63. The van der Waals surface area contributed by atoms with Gasteiger partial charge in [-0.05, 0) is 24.3 Å². The number of nitrogens with zero attached hydrogens (tertiary/aromatic N) is 1. The second-order valence-electron chi connectivity index (χ2n) is 5.00. The van der Waals surface area contributed by atoms with Crippen molar-refractivity contribution in [2.75, 3.05) is 11.9 Å². The standard InChI is InChI=1S/C16H9ClF2N2O3/c17-9-4-1-3-8-13(9)16(24)21(15(8)23)7-12(22)20-14-10(18)5-2-6-11(14)19/h1-6H,7H2,(H,20,22). The lowest BCUT2D eigenvalue weighted by Crippen LogP contribution is -2.37. The van der Waals surface area contributed by atoms with Gasteiger partial charge in [0.2, 0.25) is 5.91 Å². The van der Waals surface area contributed by atoms with Crippen LogP contribution in [0.4, 0.5) is 14.5 Å². The first-order valence-corrected chi connectivity index (χ1v) is 7.16. The number of imide groups is 1. The second-order valence-corrected chi connectivity index (χ2v) is 5.41. The zero-order chi connectivity index (χ0) is 17.4. The van der Waals surface area contributed by atoms with Gasteiger partial charge in [-0.25, -0.2) is 8.78 Å². The van der Waals surface area contributed by atoms with Crippen LogP contribution in [0.15, 0.2) is 36.4 Å². The van der Waals surface area contributed by atoms with Crippen molar-refractivity contribution in [3.8, 4) is 0 Å². The quantitative estimate of drug-likeness (QED) is 0.866. The topological polar surface area (TPSA) is 66.5 Å². The Bertz CT molecular complexity index is 865. The molecule has 0 saturated carbocycles.